The van der Waals surface area contributed by atoms with Crippen LogP contribution in [0.3, 0.4) is 0 Å². The number of amides is 1. The van der Waals surface area contributed by atoms with E-state index < -0.39 is 40.5 Å². The first-order valence-electron chi connectivity index (χ1n) is 7.23. The average molecular weight is 390 g/mol. The Hall–Kier alpha value is -2.49. The molecule has 1 aromatic heterocycles. The highest BCUT2D eigenvalue weighted by atomic mass is 32.1. The zero-order chi connectivity index (χ0) is 19.9. The van der Waals surface area contributed by atoms with Gasteiger partial charge in [0.05, 0.1) is 11.1 Å². The van der Waals surface area contributed by atoms with Crippen LogP contribution in [0.5, 0.6) is 0 Å². The fourth-order valence-corrected chi connectivity index (χ4v) is 2.94. The maximum atomic E-state index is 13.8. The molecule has 0 aliphatic rings. The van der Waals surface area contributed by atoms with Crippen molar-refractivity contribution < 1.29 is 32.3 Å². The van der Waals surface area contributed by atoms with Crippen molar-refractivity contribution in [3.05, 3.63) is 51.0 Å². The van der Waals surface area contributed by atoms with Gasteiger partial charge in [0, 0.05) is 11.1 Å². The van der Waals surface area contributed by atoms with Gasteiger partial charge in [-0.05, 0) is 23.6 Å². The van der Waals surface area contributed by atoms with E-state index in [0.29, 0.717) is 27.6 Å². The second-order valence-electron chi connectivity index (χ2n) is 6.39. The highest BCUT2D eigenvalue weighted by Gasteiger charge is 2.32. The molecule has 0 bridgehead atoms. The number of nitrogens with zero attached hydrogens (tertiary/aromatic N) is 2. The van der Waals surface area contributed by atoms with Crippen molar-refractivity contribution in [2.45, 2.75) is 32.4 Å². The average Bonchev–Trinajstić information content (AvgIpc) is 2.90. The molecule has 5 nitrogen and oxygen atoms in total. The highest BCUT2D eigenvalue weighted by molar-refractivity contribution is 7.09. The number of benzene rings is 1. The molecular formula is C16H14F4N2O3S. The second-order valence-corrected chi connectivity index (χ2v) is 7.40. The van der Waals surface area contributed by atoms with Gasteiger partial charge in [-0.3, -0.25) is 4.79 Å². The van der Waals surface area contributed by atoms with Gasteiger partial charge in [0.15, 0.2) is 0 Å². The number of hydrogen-bond donors (Lipinski definition) is 1. The summed E-state index contributed by atoms with van der Waals surface area (Å²) in [5.41, 5.74) is -2.53. The van der Waals surface area contributed by atoms with E-state index in [-0.39, 0.29) is 4.80 Å². The zero-order valence-electron chi connectivity index (χ0n) is 13.9. The maximum absolute atomic E-state index is 13.8. The van der Waals surface area contributed by atoms with Crippen LogP contribution in [0.25, 0.3) is 0 Å². The molecule has 140 valence electrons. The fraction of sp³-hybridized carbons (Fsp3) is 0.312. The molecule has 0 aliphatic heterocycles. The molecule has 0 saturated carbocycles. The first-order chi connectivity index (χ1) is 11.8. The van der Waals surface area contributed by atoms with Gasteiger partial charge in [0.1, 0.15) is 5.82 Å². The van der Waals surface area contributed by atoms with E-state index >= 15 is 0 Å². The number of carbonyl (C=O) groups is 2. The SMILES string of the molecule is CC(C)(C)c1cn(C(=O)O)c(=NC(=O)c2cc(C(F)(F)F)ccc2F)s1. The molecule has 2 aromatic rings. The maximum Gasteiger partial charge on any atom is 0.417 e. The van der Waals surface area contributed by atoms with E-state index in [1.165, 1.54) is 6.20 Å². The normalized spacial score (nSPS) is 13.1. The van der Waals surface area contributed by atoms with Crippen molar-refractivity contribution in [3.63, 3.8) is 0 Å². The molecule has 0 aliphatic carbocycles. The van der Waals surface area contributed by atoms with Crippen LogP contribution in [-0.4, -0.2) is 21.7 Å². The molecule has 10 heteroatoms. The number of halogens is 4. The zero-order valence-corrected chi connectivity index (χ0v) is 14.7. The minimum atomic E-state index is -4.76. The molecule has 0 fully saturated rings. The third-order valence-electron chi connectivity index (χ3n) is 3.32. The number of alkyl halides is 3. The van der Waals surface area contributed by atoms with Gasteiger partial charge >= 0.3 is 12.3 Å². The smallest absolute Gasteiger partial charge is 0.417 e. The van der Waals surface area contributed by atoms with Crippen molar-refractivity contribution in [1.82, 2.24) is 4.57 Å². The van der Waals surface area contributed by atoms with Crippen LogP contribution in [-0.2, 0) is 11.6 Å². The second kappa shape index (κ2) is 6.67. The van der Waals surface area contributed by atoms with Crippen LogP contribution in [0.2, 0.25) is 0 Å². The van der Waals surface area contributed by atoms with Gasteiger partial charge in [0.2, 0.25) is 4.80 Å². The topological polar surface area (TPSA) is 71.7 Å². The quantitative estimate of drug-likeness (QED) is 0.739. The van der Waals surface area contributed by atoms with Crippen LogP contribution >= 0.6 is 11.3 Å². The van der Waals surface area contributed by atoms with Gasteiger partial charge in [-0.25, -0.2) is 13.8 Å². The standard InChI is InChI=1S/C16H14F4N2O3S/c1-15(2,3)11-7-22(14(24)25)13(26-11)21-12(23)9-6-8(16(18,19)20)4-5-10(9)17/h4-7H,1-3H3,(H,24,25). The molecule has 0 unspecified atom stereocenters. The lowest BCUT2D eigenvalue weighted by molar-refractivity contribution is -0.137. The van der Waals surface area contributed by atoms with E-state index in [4.69, 9.17) is 0 Å². The Morgan fingerprint density at radius 1 is 1.19 bits per heavy atom. The number of carbonyl (C=O) groups excluding carboxylic acids is 1. The first kappa shape index (κ1) is 19.8. The van der Waals surface area contributed by atoms with Gasteiger partial charge in [-0.1, -0.05) is 20.8 Å². The summed E-state index contributed by atoms with van der Waals surface area (Å²) < 4.78 is 52.7. The molecule has 1 amide bonds. The summed E-state index contributed by atoms with van der Waals surface area (Å²) in [6.07, 6.45) is -4.92. The number of carboxylic acid groups (broad SMARTS) is 1. The molecule has 1 aromatic carbocycles. The Bertz CT molecular complexity index is 936. The first-order valence-corrected chi connectivity index (χ1v) is 8.04. The summed E-state index contributed by atoms with van der Waals surface area (Å²) in [5, 5.41) is 9.21. The molecule has 0 saturated heterocycles. The van der Waals surface area contributed by atoms with Crippen LogP contribution in [0.15, 0.2) is 29.4 Å². The van der Waals surface area contributed by atoms with Crippen LogP contribution in [0.1, 0.15) is 41.6 Å². The molecule has 0 spiro atoms. The minimum absolute atomic E-state index is 0.274. The van der Waals surface area contributed by atoms with E-state index in [2.05, 4.69) is 4.99 Å². The number of rotatable bonds is 1. The van der Waals surface area contributed by atoms with Crippen LogP contribution in [0.4, 0.5) is 22.4 Å². The summed E-state index contributed by atoms with van der Waals surface area (Å²) in [6, 6.07) is 1.38. The molecule has 0 radical (unpaired) electrons. The third-order valence-corrected chi connectivity index (χ3v) is 4.73. The van der Waals surface area contributed by atoms with E-state index in [1.54, 1.807) is 0 Å². The summed E-state index contributed by atoms with van der Waals surface area (Å²) in [4.78, 5) is 27.3. The third kappa shape index (κ3) is 4.18. The summed E-state index contributed by atoms with van der Waals surface area (Å²) in [5.74, 6) is -2.48. The number of thiazole rings is 1. The number of hydrogen-bond acceptors (Lipinski definition) is 3. The van der Waals surface area contributed by atoms with Gasteiger partial charge in [-0.2, -0.15) is 18.2 Å². The van der Waals surface area contributed by atoms with Crippen molar-refractivity contribution in [3.8, 4) is 0 Å². The predicted molar refractivity (Wildman–Crippen MR) is 85.7 cm³/mol. The van der Waals surface area contributed by atoms with Gasteiger partial charge in [-0.15, -0.1) is 11.3 Å². The van der Waals surface area contributed by atoms with Crippen molar-refractivity contribution >= 4 is 23.3 Å². The summed E-state index contributed by atoms with van der Waals surface area (Å²) >= 11 is 0.883. The summed E-state index contributed by atoms with van der Waals surface area (Å²) in [7, 11) is 0. The van der Waals surface area contributed by atoms with Gasteiger partial charge < -0.3 is 5.11 Å². The lowest BCUT2D eigenvalue weighted by Crippen LogP contribution is -2.22. The largest absolute Gasteiger partial charge is 0.464 e. The Labute approximate surface area is 149 Å². The molecule has 1 heterocycles. The van der Waals surface area contributed by atoms with Crippen LogP contribution in [0, 0.1) is 5.82 Å². The molecule has 26 heavy (non-hydrogen) atoms. The molecule has 0 atom stereocenters. The lowest BCUT2D eigenvalue weighted by Gasteiger charge is -2.14. The van der Waals surface area contributed by atoms with E-state index in [9.17, 15) is 32.3 Å². The molecule has 1 N–H and O–H groups in total. The minimum Gasteiger partial charge on any atom is -0.464 e. The molecular weight excluding hydrogens is 376 g/mol. The lowest BCUT2D eigenvalue weighted by atomic mass is 9.95. The molecule has 2 rings (SSSR count). The summed E-state index contributed by atoms with van der Waals surface area (Å²) in [6.45, 7) is 5.43. The van der Waals surface area contributed by atoms with Crippen molar-refractivity contribution in [2.75, 3.05) is 0 Å². The highest BCUT2D eigenvalue weighted by Crippen LogP contribution is 2.30. The van der Waals surface area contributed by atoms with E-state index in [1.807, 2.05) is 20.8 Å². The van der Waals surface area contributed by atoms with E-state index in [0.717, 1.165) is 11.3 Å². The van der Waals surface area contributed by atoms with Crippen LogP contribution < -0.4 is 4.80 Å². The Morgan fingerprint density at radius 2 is 1.81 bits per heavy atom. The van der Waals surface area contributed by atoms with Crippen molar-refractivity contribution in [1.29, 1.82) is 0 Å². The van der Waals surface area contributed by atoms with Crippen molar-refractivity contribution in [2.24, 2.45) is 4.99 Å². The Balaban J connectivity index is 2.59. The Morgan fingerprint density at radius 3 is 2.31 bits per heavy atom. The van der Waals surface area contributed by atoms with Gasteiger partial charge in [0.25, 0.3) is 5.91 Å². The monoisotopic (exact) mass is 390 g/mol. The Kier molecular flexibility index (Phi) is 5.09. The predicted octanol–water partition coefficient (Wildman–Crippen LogP) is 4.27. The fourth-order valence-electron chi connectivity index (χ4n) is 1.92. The number of aromatic nitrogens is 1.